The largest absolute Gasteiger partial charge is 0.379 e. The van der Waals surface area contributed by atoms with Crippen molar-refractivity contribution in [1.82, 2.24) is 15.5 Å². The van der Waals surface area contributed by atoms with Crippen LogP contribution in [0.2, 0.25) is 0 Å². The predicted molar refractivity (Wildman–Crippen MR) is 83.0 cm³/mol. The Balaban J connectivity index is 1.88. The van der Waals surface area contributed by atoms with E-state index < -0.39 is 0 Å². The summed E-state index contributed by atoms with van der Waals surface area (Å²) in [7, 11) is 2.02. The third kappa shape index (κ3) is 2.81. The van der Waals surface area contributed by atoms with Gasteiger partial charge in [0.05, 0.1) is 11.2 Å². The number of anilines is 1. The van der Waals surface area contributed by atoms with Crippen molar-refractivity contribution in [3.8, 4) is 6.07 Å². The molecule has 2 N–H and O–H groups in total. The van der Waals surface area contributed by atoms with E-state index in [0.29, 0.717) is 17.8 Å². The smallest absolute Gasteiger partial charge is 0.186 e. The molecule has 1 heterocycles. The van der Waals surface area contributed by atoms with Gasteiger partial charge in [0.25, 0.3) is 0 Å². The van der Waals surface area contributed by atoms with Crippen LogP contribution in [0.3, 0.4) is 0 Å². The summed E-state index contributed by atoms with van der Waals surface area (Å²) >= 11 is 0. The van der Waals surface area contributed by atoms with Crippen molar-refractivity contribution in [2.75, 3.05) is 12.4 Å². The van der Waals surface area contributed by atoms with Crippen LogP contribution in [-0.4, -0.2) is 29.3 Å². The summed E-state index contributed by atoms with van der Waals surface area (Å²) in [5.41, 5.74) is 2.03. The molecule has 0 aliphatic heterocycles. The van der Waals surface area contributed by atoms with Crippen LogP contribution in [0.1, 0.15) is 31.4 Å². The summed E-state index contributed by atoms with van der Waals surface area (Å²) in [6, 6.07) is 11.0. The van der Waals surface area contributed by atoms with Gasteiger partial charge < -0.3 is 10.6 Å². The molecule has 3 rings (SSSR count). The van der Waals surface area contributed by atoms with Crippen molar-refractivity contribution >= 4 is 16.6 Å². The monoisotopic (exact) mass is 281 g/mol. The van der Waals surface area contributed by atoms with Crippen molar-refractivity contribution in [3.63, 3.8) is 0 Å². The van der Waals surface area contributed by atoms with Gasteiger partial charge in [-0.3, -0.25) is 0 Å². The highest BCUT2D eigenvalue weighted by Crippen LogP contribution is 2.28. The molecule has 2 aromatic rings. The van der Waals surface area contributed by atoms with E-state index in [4.69, 9.17) is 0 Å². The van der Waals surface area contributed by atoms with Crippen molar-refractivity contribution in [1.29, 1.82) is 5.26 Å². The first-order chi connectivity index (χ1) is 10.3. The predicted octanol–water partition coefficient (Wildman–Crippen LogP) is 2.44. The maximum absolute atomic E-state index is 9.28. The van der Waals surface area contributed by atoms with Crippen LogP contribution >= 0.6 is 0 Å². The fraction of sp³-hybridized carbons (Fsp3) is 0.438. The molecule has 0 atom stereocenters. The third-order valence-corrected chi connectivity index (χ3v) is 4.26. The highest BCUT2D eigenvalue weighted by atomic mass is 15.1. The molecule has 0 spiro atoms. The number of fused-ring (bicyclic) bond motifs is 1. The second-order valence-corrected chi connectivity index (χ2v) is 5.53. The zero-order chi connectivity index (χ0) is 14.7. The van der Waals surface area contributed by atoms with Crippen LogP contribution in [0, 0.1) is 11.3 Å². The Labute approximate surface area is 124 Å². The summed E-state index contributed by atoms with van der Waals surface area (Å²) in [4.78, 5) is 0. The van der Waals surface area contributed by atoms with E-state index >= 15 is 0 Å². The molecule has 1 aliphatic carbocycles. The lowest BCUT2D eigenvalue weighted by Crippen LogP contribution is -2.35. The molecule has 1 saturated carbocycles. The molecule has 0 bridgehead atoms. The van der Waals surface area contributed by atoms with Gasteiger partial charge in [-0.2, -0.15) is 5.26 Å². The molecule has 1 aromatic carbocycles. The zero-order valence-corrected chi connectivity index (χ0v) is 12.1. The number of benzene rings is 1. The van der Waals surface area contributed by atoms with Crippen LogP contribution in [0.5, 0.6) is 0 Å². The second-order valence-electron chi connectivity index (χ2n) is 5.53. The lowest BCUT2D eigenvalue weighted by atomic mass is 9.91. The summed E-state index contributed by atoms with van der Waals surface area (Å²) in [5.74, 6) is 0. The Kier molecular flexibility index (Phi) is 3.98. The standard InChI is InChI=1S/C16H19N5/c1-18-11-6-8-12(9-7-11)19-16-13-4-2-3-5-14(13)20-21-15(16)10-17/h2-5,11-12,18H,6-9H2,1H3,(H,19,20). The minimum atomic E-state index is 0.379. The number of hydrogen-bond donors (Lipinski definition) is 2. The first kappa shape index (κ1) is 13.8. The summed E-state index contributed by atoms with van der Waals surface area (Å²) in [6.07, 6.45) is 4.53. The van der Waals surface area contributed by atoms with Crippen molar-refractivity contribution in [2.24, 2.45) is 0 Å². The number of hydrogen-bond acceptors (Lipinski definition) is 5. The maximum Gasteiger partial charge on any atom is 0.186 e. The van der Waals surface area contributed by atoms with E-state index in [1.165, 1.54) is 0 Å². The number of aromatic nitrogens is 2. The SMILES string of the molecule is CNC1CCC(Nc2c(C#N)nnc3ccccc23)CC1. The van der Waals surface area contributed by atoms with Gasteiger partial charge in [0, 0.05) is 17.5 Å². The molecule has 108 valence electrons. The molecule has 0 amide bonds. The molecule has 0 radical (unpaired) electrons. The molecule has 0 saturated heterocycles. The van der Waals surface area contributed by atoms with E-state index in [-0.39, 0.29) is 0 Å². The van der Waals surface area contributed by atoms with E-state index in [2.05, 4.69) is 26.9 Å². The molecule has 21 heavy (non-hydrogen) atoms. The molecule has 5 nitrogen and oxygen atoms in total. The van der Waals surface area contributed by atoms with Crippen molar-refractivity contribution in [3.05, 3.63) is 30.0 Å². The first-order valence-electron chi connectivity index (χ1n) is 7.41. The lowest BCUT2D eigenvalue weighted by molar-refractivity contribution is 0.371. The quantitative estimate of drug-likeness (QED) is 0.904. The fourth-order valence-corrected chi connectivity index (χ4v) is 3.01. The minimum absolute atomic E-state index is 0.379. The Morgan fingerprint density at radius 3 is 2.52 bits per heavy atom. The van der Waals surface area contributed by atoms with Gasteiger partial charge in [0.1, 0.15) is 6.07 Å². The van der Waals surface area contributed by atoms with Gasteiger partial charge in [-0.05, 0) is 38.8 Å². The molecular weight excluding hydrogens is 262 g/mol. The van der Waals surface area contributed by atoms with E-state index in [0.717, 1.165) is 42.3 Å². The number of rotatable bonds is 3. The fourth-order valence-electron chi connectivity index (χ4n) is 3.01. The zero-order valence-electron chi connectivity index (χ0n) is 12.1. The summed E-state index contributed by atoms with van der Waals surface area (Å²) in [6.45, 7) is 0. The average molecular weight is 281 g/mol. The molecule has 1 fully saturated rings. The van der Waals surface area contributed by atoms with Gasteiger partial charge >= 0.3 is 0 Å². The van der Waals surface area contributed by atoms with Gasteiger partial charge in [0.2, 0.25) is 0 Å². The Hall–Kier alpha value is -2.19. The van der Waals surface area contributed by atoms with E-state index in [1.54, 1.807) is 0 Å². The topological polar surface area (TPSA) is 73.6 Å². The van der Waals surface area contributed by atoms with Crippen molar-refractivity contribution in [2.45, 2.75) is 37.8 Å². The summed E-state index contributed by atoms with van der Waals surface area (Å²) < 4.78 is 0. The number of nitriles is 1. The van der Waals surface area contributed by atoms with E-state index in [1.807, 2.05) is 31.3 Å². The first-order valence-corrected chi connectivity index (χ1v) is 7.41. The van der Waals surface area contributed by atoms with E-state index in [9.17, 15) is 5.26 Å². The Bertz CT molecular complexity index is 668. The van der Waals surface area contributed by atoms with Crippen molar-refractivity contribution < 1.29 is 0 Å². The third-order valence-electron chi connectivity index (χ3n) is 4.26. The lowest BCUT2D eigenvalue weighted by Gasteiger charge is -2.29. The van der Waals surface area contributed by atoms with Crippen LogP contribution < -0.4 is 10.6 Å². The van der Waals surface area contributed by atoms with Crippen LogP contribution in [0.25, 0.3) is 10.9 Å². The Morgan fingerprint density at radius 1 is 1.10 bits per heavy atom. The molecule has 5 heteroatoms. The highest BCUT2D eigenvalue weighted by molar-refractivity contribution is 5.92. The number of nitrogens with zero attached hydrogens (tertiary/aromatic N) is 3. The molecule has 1 aliphatic rings. The van der Waals surface area contributed by atoms with Crippen LogP contribution in [0.4, 0.5) is 5.69 Å². The van der Waals surface area contributed by atoms with Crippen LogP contribution in [0.15, 0.2) is 24.3 Å². The van der Waals surface area contributed by atoms with Gasteiger partial charge in [0.15, 0.2) is 5.69 Å². The van der Waals surface area contributed by atoms with Gasteiger partial charge in [-0.15, -0.1) is 10.2 Å². The second kappa shape index (κ2) is 6.06. The molecular formula is C16H19N5. The minimum Gasteiger partial charge on any atom is -0.379 e. The summed E-state index contributed by atoms with van der Waals surface area (Å²) in [5, 5.41) is 25.3. The maximum atomic E-state index is 9.28. The number of nitrogens with one attached hydrogen (secondary N) is 2. The van der Waals surface area contributed by atoms with Gasteiger partial charge in [-0.1, -0.05) is 18.2 Å². The van der Waals surface area contributed by atoms with Gasteiger partial charge in [-0.25, -0.2) is 0 Å². The average Bonchev–Trinajstić information content (AvgIpc) is 2.56. The highest BCUT2D eigenvalue weighted by Gasteiger charge is 2.21. The Morgan fingerprint density at radius 2 is 1.81 bits per heavy atom. The normalized spacial score (nSPS) is 21.9. The molecule has 0 unspecified atom stereocenters. The van der Waals surface area contributed by atoms with Crippen LogP contribution in [-0.2, 0) is 0 Å². The molecule has 1 aromatic heterocycles.